The molecule has 0 aliphatic carbocycles. The van der Waals surface area contributed by atoms with E-state index in [-0.39, 0.29) is 25.7 Å². The molecule has 0 fully saturated rings. The van der Waals surface area contributed by atoms with Gasteiger partial charge in [0.25, 0.3) is 0 Å². The fourth-order valence-corrected chi connectivity index (χ4v) is 5.65. The maximum absolute atomic E-state index is 13.5. The monoisotopic (exact) mass is 824 g/mol. The van der Waals surface area contributed by atoms with Crippen molar-refractivity contribution in [3.05, 3.63) is 72.3 Å². The summed E-state index contributed by atoms with van der Waals surface area (Å²) in [6, 6.07) is 1.58. The van der Waals surface area contributed by atoms with E-state index >= 15 is 0 Å². The SMILES string of the molecule is C[C@H](NC(=O)[C@H](Cc1c[nH]cn1)NC(=O)[C@@H](N)Cc1ccccc1)C(=O)N[C@@H](CCCCN)C(=O)NCC(=O)N[C@@H](Cc1c[nH]cn1)C(=O)N[C@@H](CCC(=O)O)C(=O)O. The Morgan fingerprint density at radius 3 is 1.81 bits per heavy atom. The number of nitrogens with zero attached hydrogens (tertiary/aromatic N) is 2. The van der Waals surface area contributed by atoms with Crippen LogP contribution in [-0.4, -0.2) is 127 Å². The molecule has 0 spiro atoms. The van der Waals surface area contributed by atoms with Crippen LogP contribution >= 0.6 is 0 Å². The number of rotatable bonds is 26. The number of amides is 6. The van der Waals surface area contributed by atoms with E-state index in [1.54, 1.807) is 6.20 Å². The fourth-order valence-electron chi connectivity index (χ4n) is 5.65. The summed E-state index contributed by atoms with van der Waals surface area (Å²) in [6.45, 7) is 1.01. The Morgan fingerprint density at radius 2 is 1.25 bits per heavy atom. The molecule has 6 amide bonds. The van der Waals surface area contributed by atoms with Crippen molar-refractivity contribution in [3.8, 4) is 0 Å². The van der Waals surface area contributed by atoms with Crippen LogP contribution < -0.4 is 43.4 Å². The first kappa shape index (κ1) is 46.7. The Bertz CT molecular complexity index is 1840. The zero-order valence-corrected chi connectivity index (χ0v) is 32.4. The molecular formula is C37H52N12O10. The summed E-state index contributed by atoms with van der Waals surface area (Å²) >= 11 is 0. The van der Waals surface area contributed by atoms with Crippen LogP contribution in [0.2, 0.25) is 0 Å². The number of imidazole rings is 2. The van der Waals surface area contributed by atoms with Gasteiger partial charge in [0.05, 0.1) is 36.6 Å². The lowest BCUT2D eigenvalue weighted by molar-refractivity contribution is -0.143. The van der Waals surface area contributed by atoms with Crippen molar-refractivity contribution in [2.75, 3.05) is 13.1 Å². The molecule has 0 aliphatic rings. The Kier molecular flexibility index (Phi) is 19.1. The quantitative estimate of drug-likeness (QED) is 0.0362. The number of aromatic amines is 2. The Balaban J connectivity index is 1.64. The second-order valence-electron chi connectivity index (χ2n) is 13.6. The Labute approximate surface area is 338 Å². The third-order valence-corrected chi connectivity index (χ3v) is 8.87. The minimum absolute atomic E-state index is 0.0330. The maximum Gasteiger partial charge on any atom is 0.326 e. The number of aliphatic carboxylic acids is 2. The number of H-pyrrole nitrogens is 2. The molecule has 22 nitrogen and oxygen atoms in total. The molecule has 0 unspecified atom stereocenters. The molecule has 0 bridgehead atoms. The summed E-state index contributed by atoms with van der Waals surface area (Å²) in [5.74, 6) is -7.39. The van der Waals surface area contributed by atoms with Gasteiger partial charge >= 0.3 is 11.9 Å². The molecule has 0 radical (unpaired) electrons. The maximum atomic E-state index is 13.5. The summed E-state index contributed by atoms with van der Waals surface area (Å²) < 4.78 is 0. The van der Waals surface area contributed by atoms with Gasteiger partial charge in [-0.3, -0.25) is 33.6 Å². The van der Waals surface area contributed by atoms with E-state index in [2.05, 4.69) is 51.8 Å². The zero-order valence-electron chi connectivity index (χ0n) is 32.4. The summed E-state index contributed by atoms with van der Waals surface area (Å²) in [4.78, 5) is 116. The predicted molar refractivity (Wildman–Crippen MR) is 208 cm³/mol. The highest BCUT2D eigenvalue weighted by Crippen LogP contribution is 2.07. The number of unbranched alkanes of at least 4 members (excludes halogenated alkanes) is 1. The molecule has 14 N–H and O–H groups in total. The van der Waals surface area contributed by atoms with E-state index in [4.69, 9.17) is 16.6 Å². The van der Waals surface area contributed by atoms with E-state index in [1.807, 2.05) is 30.3 Å². The van der Waals surface area contributed by atoms with Crippen molar-refractivity contribution in [1.29, 1.82) is 0 Å². The van der Waals surface area contributed by atoms with Gasteiger partial charge in [0.2, 0.25) is 35.4 Å². The number of nitrogens with two attached hydrogens (primary N) is 2. The van der Waals surface area contributed by atoms with Crippen molar-refractivity contribution >= 4 is 47.4 Å². The molecule has 59 heavy (non-hydrogen) atoms. The molecule has 3 rings (SSSR count). The largest absolute Gasteiger partial charge is 0.481 e. The normalized spacial score (nSPS) is 13.9. The van der Waals surface area contributed by atoms with E-state index in [9.17, 15) is 43.5 Å². The van der Waals surface area contributed by atoms with Crippen LogP contribution in [0.4, 0.5) is 0 Å². The van der Waals surface area contributed by atoms with Gasteiger partial charge in [-0.2, -0.15) is 0 Å². The average Bonchev–Trinajstić information content (AvgIpc) is 3.92. The second-order valence-corrected chi connectivity index (χ2v) is 13.6. The smallest absolute Gasteiger partial charge is 0.326 e. The first-order valence-corrected chi connectivity index (χ1v) is 18.8. The van der Waals surface area contributed by atoms with Gasteiger partial charge in [-0.05, 0) is 51.1 Å². The number of carbonyl (C=O) groups excluding carboxylic acids is 6. The fraction of sp³-hybridized carbons (Fsp3) is 0.459. The molecule has 6 atom stereocenters. The van der Waals surface area contributed by atoms with E-state index in [0.29, 0.717) is 30.8 Å². The van der Waals surface area contributed by atoms with Crippen LogP contribution in [-0.2, 0) is 57.6 Å². The zero-order chi connectivity index (χ0) is 43.3. The number of carbonyl (C=O) groups is 8. The lowest BCUT2D eigenvalue weighted by atomic mass is 10.0. The number of carboxylic acid groups (broad SMARTS) is 2. The van der Waals surface area contributed by atoms with Crippen LogP contribution in [0.3, 0.4) is 0 Å². The van der Waals surface area contributed by atoms with Gasteiger partial charge in [-0.15, -0.1) is 0 Å². The minimum atomic E-state index is -1.56. The Morgan fingerprint density at radius 1 is 0.678 bits per heavy atom. The molecule has 0 saturated heterocycles. The first-order valence-electron chi connectivity index (χ1n) is 18.8. The lowest BCUT2D eigenvalue weighted by Gasteiger charge is -2.24. The third kappa shape index (κ3) is 16.8. The van der Waals surface area contributed by atoms with Gasteiger partial charge in [-0.25, -0.2) is 14.8 Å². The van der Waals surface area contributed by atoms with Crippen LogP contribution in [0.15, 0.2) is 55.4 Å². The van der Waals surface area contributed by atoms with Gasteiger partial charge in [0.1, 0.15) is 30.2 Å². The van der Waals surface area contributed by atoms with Crippen LogP contribution in [0.25, 0.3) is 0 Å². The number of hydrogen-bond donors (Lipinski definition) is 12. The minimum Gasteiger partial charge on any atom is -0.481 e. The number of hydrogen-bond acceptors (Lipinski definition) is 12. The number of aromatic nitrogens is 4. The molecular weight excluding hydrogens is 772 g/mol. The highest BCUT2D eigenvalue weighted by Gasteiger charge is 2.31. The van der Waals surface area contributed by atoms with Gasteiger partial charge in [-0.1, -0.05) is 30.3 Å². The molecule has 2 heterocycles. The van der Waals surface area contributed by atoms with Gasteiger partial charge in [0, 0.05) is 31.7 Å². The molecule has 3 aromatic rings. The van der Waals surface area contributed by atoms with Crippen LogP contribution in [0.5, 0.6) is 0 Å². The number of benzene rings is 1. The number of carboxylic acids is 2. The topological polar surface area (TPSA) is 359 Å². The highest BCUT2D eigenvalue weighted by molar-refractivity contribution is 5.96. The van der Waals surface area contributed by atoms with E-state index in [1.165, 1.54) is 25.8 Å². The van der Waals surface area contributed by atoms with Crippen molar-refractivity contribution in [3.63, 3.8) is 0 Å². The van der Waals surface area contributed by atoms with Crippen LogP contribution in [0.1, 0.15) is 56.0 Å². The molecule has 1 aromatic carbocycles. The predicted octanol–water partition coefficient (Wildman–Crippen LogP) is -2.87. The van der Waals surface area contributed by atoms with E-state index < -0.39 is 103 Å². The summed E-state index contributed by atoms with van der Waals surface area (Å²) in [6.07, 6.45) is 5.77. The summed E-state index contributed by atoms with van der Waals surface area (Å²) in [5, 5.41) is 33.3. The Hall–Kier alpha value is -6.68. The van der Waals surface area contributed by atoms with Crippen molar-refractivity contribution in [2.24, 2.45) is 11.5 Å². The first-order chi connectivity index (χ1) is 28.2. The molecule has 22 heteroatoms. The third-order valence-electron chi connectivity index (χ3n) is 8.87. The second kappa shape index (κ2) is 24.2. The average molecular weight is 825 g/mol. The molecule has 0 aliphatic heterocycles. The van der Waals surface area contributed by atoms with Crippen molar-refractivity contribution in [2.45, 2.75) is 94.5 Å². The lowest BCUT2D eigenvalue weighted by Crippen LogP contribution is -2.58. The highest BCUT2D eigenvalue weighted by atomic mass is 16.4. The van der Waals surface area contributed by atoms with Gasteiger partial charge in [0.15, 0.2) is 0 Å². The number of nitrogens with one attached hydrogen (secondary N) is 8. The molecule has 0 saturated carbocycles. The van der Waals surface area contributed by atoms with Crippen LogP contribution in [0, 0.1) is 0 Å². The van der Waals surface area contributed by atoms with Gasteiger partial charge < -0.3 is 63.5 Å². The van der Waals surface area contributed by atoms with Crippen molar-refractivity contribution < 1.29 is 48.6 Å². The summed E-state index contributed by atoms with van der Waals surface area (Å²) in [5.41, 5.74) is 13.4. The molecule has 320 valence electrons. The standard InChI is InChI=1S/C37H52N12O10/c1-21(45-35(56)29(15-24-17-41-20-44-24)49-33(54)25(39)13-22-7-3-2-4-8-22)32(53)47-26(9-5-6-12-38)34(55)42-18-30(50)46-28(14-23-16-40-19-43-23)36(57)48-27(37(58)59)10-11-31(51)52/h2-4,7-8,16-17,19-21,25-29H,5-6,9-15,18,38-39H2,1H3,(H,40,43)(H,41,44)(H,42,55)(H,45,56)(H,46,50)(H,47,53)(H,48,57)(H,49,54)(H,51,52)(H,58,59)/t21-,25-,26-,27-,28-,29-/m0/s1. The van der Waals surface area contributed by atoms with Crippen molar-refractivity contribution in [1.82, 2.24) is 51.8 Å². The molecule has 2 aromatic heterocycles. The van der Waals surface area contributed by atoms with E-state index in [0.717, 1.165) is 5.56 Å². The summed E-state index contributed by atoms with van der Waals surface area (Å²) in [7, 11) is 0.